The van der Waals surface area contributed by atoms with Gasteiger partial charge < -0.3 is 15.0 Å². The number of nitrogens with zero attached hydrogens (tertiary/aromatic N) is 1. The number of hydrogen-bond donors (Lipinski definition) is 2. The van der Waals surface area contributed by atoms with Crippen LogP contribution in [0.4, 0.5) is 0 Å². The predicted octanol–water partition coefficient (Wildman–Crippen LogP) is 2.54. The molecule has 0 saturated carbocycles. The first-order valence-electron chi connectivity index (χ1n) is 6.71. The van der Waals surface area contributed by atoms with Crippen LogP contribution in [0.5, 0.6) is 0 Å². The van der Waals surface area contributed by atoms with Crippen LogP contribution >= 0.6 is 0 Å². The van der Waals surface area contributed by atoms with Crippen molar-refractivity contribution in [2.24, 2.45) is 0 Å². The van der Waals surface area contributed by atoms with Crippen LogP contribution in [-0.2, 0) is 13.1 Å². The summed E-state index contributed by atoms with van der Waals surface area (Å²) in [6, 6.07) is 4.24. The summed E-state index contributed by atoms with van der Waals surface area (Å²) in [5.74, 6) is 0. The lowest BCUT2D eigenvalue weighted by Crippen LogP contribution is -2.47. The average Bonchev–Trinajstić information content (AvgIpc) is 2.80. The Balaban J connectivity index is 2.62. The normalized spacial score (nSPS) is 12.0. The second kappa shape index (κ2) is 6.82. The van der Waals surface area contributed by atoms with Crippen LogP contribution in [-0.4, -0.2) is 21.8 Å². The molecule has 0 spiro atoms. The van der Waals surface area contributed by atoms with Crippen LogP contribution in [0.2, 0.25) is 0 Å². The molecule has 0 saturated heterocycles. The van der Waals surface area contributed by atoms with Gasteiger partial charge in [-0.3, -0.25) is 0 Å². The van der Waals surface area contributed by atoms with Gasteiger partial charge in [-0.05, 0) is 31.4 Å². The summed E-state index contributed by atoms with van der Waals surface area (Å²) in [6.07, 6.45) is 5.18. The predicted molar refractivity (Wildman–Crippen MR) is 72.0 cm³/mol. The Morgan fingerprint density at radius 2 is 2.00 bits per heavy atom. The molecule has 2 N–H and O–H groups in total. The third kappa shape index (κ3) is 3.58. The largest absolute Gasteiger partial charge is 0.394 e. The van der Waals surface area contributed by atoms with E-state index < -0.39 is 0 Å². The van der Waals surface area contributed by atoms with E-state index in [2.05, 4.69) is 49.0 Å². The Bertz CT molecular complexity index is 308. The van der Waals surface area contributed by atoms with E-state index in [1.807, 2.05) is 0 Å². The van der Waals surface area contributed by atoms with Gasteiger partial charge in [0.25, 0.3) is 0 Å². The third-order valence-electron chi connectivity index (χ3n) is 3.69. The molecule has 3 nitrogen and oxygen atoms in total. The first-order chi connectivity index (χ1) is 8.21. The van der Waals surface area contributed by atoms with Crippen molar-refractivity contribution in [3.8, 4) is 0 Å². The lowest BCUT2D eigenvalue weighted by Gasteiger charge is -2.31. The highest BCUT2D eigenvalue weighted by Crippen LogP contribution is 2.15. The van der Waals surface area contributed by atoms with Crippen LogP contribution in [0.3, 0.4) is 0 Å². The van der Waals surface area contributed by atoms with Gasteiger partial charge in [0, 0.05) is 30.5 Å². The van der Waals surface area contributed by atoms with Gasteiger partial charge in [-0.1, -0.05) is 20.8 Å². The Hall–Kier alpha value is -0.800. The SMILES string of the molecule is CCCn1cccc1CNC(CC)(CC)CO. The summed E-state index contributed by atoms with van der Waals surface area (Å²) in [5, 5.41) is 13.0. The summed E-state index contributed by atoms with van der Waals surface area (Å²) in [7, 11) is 0. The molecule has 0 aliphatic heterocycles. The fourth-order valence-electron chi connectivity index (χ4n) is 2.13. The van der Waals surface area contributed by atoms with Gasteiger partial charge in [-0.15, -0.1) is 0 Å². The van der Waals surface area contributed by atoms with Crippen molar-refractivity contribution >= 4 is 0 Å². The van der Waals surface area contributed by atoms with E-state index in [1.54, 1.807) is 0 Å². The molecule has 1 rings (SSSR count). The number of aliphatic hydroxyl groups excluding tert-OH is 1. The highest BCUT2D eigenvalue weighted by molar-refractivity contribution is 5.07. The molecular formula is C14H26N2O. The molecule has 0 unspecified atom stereocenters. The summed E-state index contributed by atoms with van der Waals surface area (Å²) in [5.41, 5.74) is 1.17. The maximum absolute atomic E-state index is 9.51. The van der Waals surface area contributed by atoms with Crippen molar-refractivity contribution in [2.75, 3.05) is 6.61 Å². The number of rotatable bonds is 8. The first kappa shape index (κ1) is 14.3. The summed E-state index contributed by atoms with van der Waals surface area (Å²) in [4.78, 5) is 0. The zero-order chi connectivity index (χ0) is 12.7. The monoisotopic (exact) mass is 238 g/mol. The van der Waals surface area contributed by atoms with E-state index in [4.69, 9.17) is 0 Å². The van der Waals surface area contributed by atoms with Gasteiger partial charge in [-0.2, -0.15) is 0 Å². The molecule has 1 aromatic heterocycles. The topological polar surface area (TPSA) is 37.2 Å². The summed E-state index contributed by atoms with van der Waals surface area (Å²) >= 11 is 0. The molecule has 0 radical (unpaired) electrons. The van der Waals surface area contributed by atoms with E-state index in [0.717, 1.165) is 32.4 Å². The van der Waals surface area contributed by atoms with E-state index in [-0.39, 0.29) is 12.1 Å². The number of aryl methyl sites for hydroxylation is 1. The lowest BCUT2D eigenvalue weighted by molar-refractivity contribution is 0.148. The minimum absolute atomic E-state index is 0.124. The van der Waals surface area contributed by atoms with Crippen LogP contribution < -0.4 is 5.32 Å². The lowest BCUT2D eigenvalue weighted by atomic mass is 9.94. The zero-order valence-electron chi connectivity index (χ0n) is 11.4. The van der Waals surface area contributed by atoms with Crippen molar-refractivity contribution in [3.05, 3.63) is 24.0 Å². The van der Waals surface area contributed by atoms with Crippen molar-refractivity contribution in [2.45, 2.75) is 58.7 Å². The van der Waals surface area contributed by atoms with E-state index >= 15 is 0 Å². The molecule has 0 aromatic carbocycles. The Morgan fingerprint density at radius 1 is 1.29 bits per heavy atom. The molecular weight excluding hydrogens is 212 g/mol. The van der Waals surface area contributed by atoms with Crippen molar-refractivity contribution in [1.29, 1.82) is 0 Å². The molecule has 3 heteroatoms. The second-order valence-electron chi connectivity index (χ2n) is 4.69. The number of hydrogen-bond acceptors (Lipinski definition) is 2. The Labute approximate surface area is 105 Å². The van der Waals surface area contributed by atoms with Gasteiger partial charge in [0.2, 0.25) is 0 Å². The van der Waals surface area contributed by atoms with Gasteiger partial charge in [-0.25, -0.2) is 0 Å². The third-order valence-corrected chi connectivity index (χ3v) is 3.69. The van der Waals surface area contributed by atoms with Crippen molar-refractivity contribution in [3.63, 3.8) is 0 Å². The molecule has 0 bridgehead atoms. The number of nitrogens with one attached hydrogen (secondary N) is 1. The Morgan fingerprint density at radius 3 is 2.53 bits per heavy atom. The fourth-order valence-corrected chi connectivity index (χ4v) is 2.13. The second-order valence-corrected chi connectivity index (χ2v) is 4.69. The molecule has 17 heavy (non-hydrogen) atoms. The average molecular weight is 238 g/mol. The Kier molecular flexibility index (Phi) is 5.72. The van der Waals surface area contributed by atoms with Crippen LogP contribution in [0.25, 0.3) is 0 Å². The molecule has 1 aromatic rings. The minimum atomic E-state index is -0.124. The highest BCUT2D eigenvalue weighted by atomic mass is 16.3. The van der Waals surface area contributed by atoms with Gasteiger partial charge in [0.1, 0.15) is 0 Å². The molecule has 0 aliphatic carbocycles. The fraction of sp³-hybridized carbons (Fsp3) is 0.714. The van der Waals surface area contributed by atoms with Gasteiger partial charge in [0.05, 0.1) is 6.61 Å². The maximum Gasteiger partial charge on any atom is 0.0613 e. The van der Waals surface area contributed by atoms with E-state index in [1.165, 1.54) is 5.69 Å². The van der Waals surface area contributed by atoms with Crippen LogP contribution in [0.15, 0.2) is 18.3 Å². The summed E-state index contributed by atoms with van der Waals surface area (Å²) < 4.78 is 2.28. The smallest absolute Gasteiger partial charge is 0.0613 e. The molecule has 1 heterocycles. The standard InChI is InChI=1S/C14H26N2O/c1-4-9-16-10-7-8-13(16)11-15-14(5-2,6-3)12-17/h7-8,10,15,17H,4-6,9,11-12H2,1-3H3. The van der Waals surface area contributed by atoms with Crippen molar-refractivity contribution in [1.82, 2.24) is 9.88 Å². The quantitative estimate of drug-likeness (QED) is 0.730. The van der Waals surface area contributed by atoms with E-state index in [0.29, 0.717) is 0 Å². The van der Waals surface area contributed by atoms with Crippen LogP contribution in [0.1, 0.15) is 45.7 Å². The highest BCUT2D eigenvalue weighted by Gasteiger charge is 2.24. The van der Waals surface area contributed by atoms with Crippen LogP contribution in [0, 0.1) is 0 Å². The maximum atomic E-state index is 9.51. The molecule has 0 atom stereocenters. The minimum Gasteiger partial charge on any atom is -0.394 e. The summed E-state index contributed by atoms with van der Waals surface area (Å²) in [6.45, 7) is 8.53. The van der Waals surface area contributed by atoms with Gasteiger partial charge >= 0.3 is 0 Å². The van der Waals surface area contributed by atoms with E-state index in [9.17, 15) is 5.11 Å². The molecule has 98 valence electrons. The van der Waals surface area contributed by atoms with Crippen molar-refractivity contribution < 1.29 is 5.11 Å². The zero-order valence-corrected chi connectivity index (χ0v) is 11.4. The number of aliphatic hydroxyl groups is 1. The molecule has 0 amide bonds. The molecule has 0 fully saturated rings. The molecule has 0 aliphatic rings. The van der Waals surface area contributed by atoms with Gasteiger partial charge in [0.15, 0.2) is 0 Å². The first-order valence-corrected chi connectivity index (χ1v) is 6.71. The number of aromatic nitrogens is 1.